The van der Waals surface area contributed by atoms with Crippen molar-refractivity contribution in [3.8, 4) is 0 Å². The van der Waals surface area contributed by atoms with Crippen molar-refractivity contribution < 1.29 is 13.5 Å². The molecule has 7 nitrogen and oxygen atoms in total. The summed E-state index contributed by atoms with van der Waals surface area (Å²) in [5, 5.41) is 15.2. The van der Waals surface area contributed by atoms with Gasteiger partial charge in [0.25, 0.3) is 0 Å². The largest absolute Gasteiger partial charge is 0.396 e. The number of nitrogens with two attached hydrogens (primary N) is 1. The van der Waals surface area contributed by atoms with E-state index < -0.39 is 10.0 Å². The van der Waals surface area contributed by atoms with Gasteiger partial charge in [0, 0.05) is 13.2 Å². The van der Waals surface area contributed by atoms with Crippen LogP contribution in [0.1, 0.15) is 19.3 Å². The zero-order valence-corrected chi connectivity index (χ0v) is 10.8. The molecule has 1 aliphatic carbocycles. The van der Waals surface area contributed by atoms with E-state index in [2.05, 4.69) is 14.9 Å². The topological polar surface area (TPSA) is 121 Å². The summed E-state index contributed by atoms with van der Waals surface area (Å²) in [6.07, 6.45) is 4.12. The van der Waals surface area contributed by atoms with Crippen molar-refractivity contribution in [2.24, 2.45) is 11.8 Å². The number of aliphatic hydroxyl groups is 1. The highest BCUT2D eigenvalue weighted by Crippen LogP contribution is 2.31. The molecule has 0 spiro atoms. The molecule has 2 atom stereocenters. The van der Waals surface area contributed by atoms with Crippen molar-refractivity contribution in [3.63, 3.8) is 0 Å². The third kappa shape index (κ3) is 2.65. The Morgan fingerprint density at radius 2 is 2.22 bits per heavy atom. The van der Waals surface area contributed by atoms with Gasteiger partial charge in [-0.2, -0.15) is 5.10 Å². The zero-order chi connectivity index (χ0) is 13.2. The van der Waals surface area contributed by atoms with E-state index in [1.54, 1.807) is 0 Å². The number of nitrogen functional groups attached to an aromatic ring is 1. The van der Waals surface area contributed by atoms with Crippen LogP contribution >= 0.6 is 0 Å². The summed E-state index contributed by atoms with van der Waals surface area (Å²) in [4.78, 5) is -0.0268. The molecule has 102 valence electrons. The molecule has 0 amide bonds. The molecular formula is C10H18N4O3S. The number of aromatic amines is 1. The minimum absolute atomic E-state index is 0.0268. The van der Waals surface area contributed by atoms with Crippen molar-refractivity contribution in [2.75, 3.05) is 18.9 Å². The third-order valence-electron chi connectivity index (χ3n) is 3.51. The van der Waals surface area contributed by atoms with E-state index in [0.29, 0.717) is 6.54 Å². The first-order chi connectivity index (χ1) is 8.54. The Balaban J connectivity index is 2.00. The number of aromatic nitrogens is 2. The van der Waals surface area contributed by atoms with Gasteiger partial charge in [-0.15, -0.1) is 0 Å². The highest BCUT2D eigenvalue weighted by atomic mass is 32.2. The van der Waals surface area contributed by atoms with Crippen LogP contribution < -0.4 is 10.5 Å². The monoisotopic (exact) mass is 274 g/mol. The lowest BCUT2D eigenvalue weighted by Crippen LogP contribution is -2.31. The number of sulfonamides is 1. The first-order valence-electron chi connectivity index (χ1n) is 5.94. The van der Waals surface area contributed by atoms with Crippen LogP contribution in [0.5, 0.6) is 0 Å². The molecule has 0 bridgehead atoms. The standard InChI is InChI=1S/C10H18N4O3S/c11-10-9(5-12-14-10)18(16,17)13-4-7-2-1-3-8(7)6-15/h5,7-8,13,15H,1-4,6H2,(H3,11,12,14). The molecule has 1 heterocycles. The Morgan fingerprint density at radius 3 is 2.83 bits per heavy atom. The Kier molecular flexibility index (Phi) is 3.88. The molecule has 1 aromatic heterocycles. The number of hydrogen-bond acceptors (Lipinski definition) is 5. The van der Waals surface area contributed by atoms with Gasteiger partial charge >= 0.3 is 0 Å². The molecule has 0 saturated heterocycles. The molecule has 8 heteroatoms. The van der Waals surface area contributed by atoms with E-state index in [0.717, 1.165) is 19.3 Å². The number of nitrogens with one attached hydrogen (secondary N) is 2. The van der Waals surface area contributed by atoms with Gasteiger partial charge in [0.15, 0.2) is 0 Å². The van der Waals surface area contributed by atoms with Crippen LogP contribution in [0.2, 0.25) is 0 Å². The van der Waals surface area contributed by atoms with E-state index in [4.69, 9.17) is 5.73 Å². The number of anilines is 1. The quantitative estimate of drug-likeness (QED) is 0.586. The van der Waals surface area contributed by atoms with E-state index in [-0.39, 0.29) is 29.2 Å². The maximum Gasteiger partial charge on any atom is 0.245 e. The van der Waals surface area contributed by atoms with Gasteiger partial charge in [-0.25, -0.2) is 13.1 Å². The third-order valence-corrected chi connectivity index (χ3v) is 4.96. The van der Waals surface area contributed by atoms with Crippen LogP contribution in [0.3, 0.4) is 0 Å². The molecule has 1 aliphatic rings. The molecule has 1 fully saturated rings. The SMILES string of the molecule is Nc1[nH]ncc1S(=O)(=O)NCC1CCCC1CO. The number of nitrogens with zero attached hydrogens (tertiary/aromatic N) is 1. The Hall–Kier alpha value is -1.12. The highest BCUT2D eigenvalue weighted by molar-refractivity contribution is 7.89. The van der Waals surface area contributed by atoms with Crippen molar-refractivity contribution in [1.82, 2.24) is 14.9 Å². The summed E-state index contributed by atoms with van der Waals surface area (Å²) in [6.45, 7) is 0.443. The number of rotatable bonds is 5. The van der Waals surface area contributed by atoms with Crippen LogP contribution in [0.25, 0.3) is 0 Å². The van der Waals surface area contributed by atoms with Crippen LogP contribution in [0.15, 0.2) is 11.1 Å². The van der Waals surface area contributed by atoms with E-state index in [1.807, 2.05) is 0 Å². The maximum atomic E-state index is 12.0. The van der Waals surface area contributed by atoms with Crippen molar-refractivity contribution in [3.05, 3.63) is 6.20 Å². The zero-order valence-electron chi connectivity index (χ0n) is 9.96. The Morgan fingerprint density at radius 1 is 1.50 bits per heavy atom. The molecular weight excluding hydrogens is 256 g/mol. The second-order valence-electron chi connectivity index (χ2n) is 4.63. The molecule has 0 aliphatic heterocycles. The lowest BCUT2D eigenvalue weighted by molar-refractivity contribution is 0.195. The van der Waals surface area contributed by atoms with Gasteiger partial charge in [-0.3, -0.25) is 5.10 Å². The summed E-state index contributed by atoms with van der Waals surface area (Å²) in [5.41, 5.74) is 5.49. The fourth-order valence-corrected chi connectivity index (χ4v) is 3.53. The van der Waals surface area contributed by atoms with Gasteiger partial charge in [0.05, 0.1) is 6.20 Å². The molecule has 18 heavy (non-hydrogen) atoms. The van der Waals surface area contributed by atoms with Gasteiger partial charge in [-0.05, 0) is 24.7 Å². The van der Waals surface area contributed by atoms with Gasteiger partial charge < -0.3 is 10.8 Å². The molecule has 2 rings (SSSR count). The van der Waals surface area contributed by atoms with E-state index in [1.165, 1.54) is 6.20 Å². The molecule has 1 saturated carbocycles. The van der Waals surface area contributed by atoms with Crippen molar-refractivity contribution in [1.29, 1.82) is 0 Å². The lowest BCUT2D eigenvalue weighted by atomic mass is 9.97. The minimum atomic E-state index is -3.62. The smallest absolute Gasteiger partial charge is 0.245 e. The predicted molar refractivity (Wildman–Crippen MR) is 66.1 cm³/mol. The Bertz CT molecular complexity index is 499. The number of aliphatic hydroxyl groups excluding tert-OH is 1. The maximum absolute atomic E-state index is 12.0. The summed E-state index contributed by atoms with van der Waals surface area (Å²) in [6, 6.07) is 0. The fraction of sp³-hybridized carbons (Fsp3) is 0.700. The highest BCUT2D eigenvalue weighted by Gasteiger charge is 2.28. The summed E-state index contributed by atoms with van der Waals surface area (Å²) in [5.74, 6) is 0.417. The fourth-order valence-electron chi connectivity index (χ4n) is 2.42. The minimum Gasteiger partial charge on any atom is -0.396 e. The van der Waals surface area contributed by atoms with Crippen LogP contribution in [-0.4, -0.2) is 36.9 Å². The Labute approximate surface area is 106 Å². The van der Waals surface area contributed by atoms with Crippen LogP contribution in [-0.2, 0) is 10.0 Å². The number of H-pyrrole nitrogens is 1. The van der Waals surface area contributed by atoms with Crippen molar-refractivity contribution >= 4 is 15.8 Å². The summed E-state index contributed by atoms with van der Waals surface area (Å²) >= 11 is 0. The van der Waals surface area contributed by atoms with Crippen LogP contribution in [0, 0.1) is 11.8 Å². The van der Waals surface area contributed by atoms with Gasteiger partial charge in [0.2, 0.25) is 10.0 Å². The molecule has 5 N–H and O–H groups in total. The molecule has 0 aromatic carbocycles. The number of hydrogen-bond donors (Lipinski definition) is 4. The summed E-state index contributed by atoms with van der Waals surface area (Å²) in [7, 11) is -3.62. The normalized spacial score (nSPS) is 24.5. The molecule has 1 aromatic rings. The van der Waals surface area contributed by atoms with Gasteiger partial charge in [-0.1, -0.05) is 6.42 Å². The average Bonchev–Trinajstić information content (AvgIpc) is 2.94. The van der Waals surface area contributed by atoms with Gasteiger partial charge in [0.1, 0.15) is 10.7 Å². The molecule has 2 unspecified atom stereocenters. The second kappa shape index (κ2) is 5.25. The first-order valence-corrected chi connectivity index (χ1v) is 7.42. The lowest BCUT2D eigenvalue weighted by Gasteiger charge is -2.17. The summed E-state index contributed by atoms with van der Waals surface area (Å²) < 4.78 is 26.4. The van der Waals surface area contributed by atoms with E-state index in [9.17, 15) is 13.5 Å². The van der Waals surface area contributed by atoms with E-state index >= 15 is 0 Å². The second-order valence-corrected chi connectivity index (χ2v) is 6.37. The molecule has 0 radical (unpaired) electrons. The average molecular weight is 274 g/mol. The van der Waals surface area contributed by atoms with Crippen molar-refractivity contribution in [2.45, 2.75) is 24.2 Å². The predicted octanol–water partition coefficient (Wildman–Crippen LogP) is -0.321. The first kappa shape index (κ1) is 13.3. The van der Waals surface area contributed by atoms with Crippen LogP contribution in [0.4, 0.5) is 5.82 Å².